The first kappa shape index (κ1) is 25.1. The number of ketones is 1. The van der Waals surface area contributed by atoms with Crippen molar-refractivity contribution in [3.8, 4) is 5.69 Å². The number of hydrogen-bond acceptors (Lipinski definition) is 5. The summed E-state index contributed by atoms with van der Waals surface area (Å²) in [5.41, 5.74) is 2.33. The van der Waals surface area contributed by atoms with Crippen molar-refractivity contribution in [2.45, 2.75) is 46.1 Å². The summed E-state index contributed by atoms with van der Waals surface area (Å²) in [5, 5.41) is 2.66. The number of carbonyl (C=O) groups excluding carboxylic acids is 3. The molecule has 1 heterocycles. The van der Waals surface area contributed by atoms with Gasteiger partial charge in [-0.3, -0.25) is 19.0 Å². The van der Waals surface area contributed by atoms with Crippen LogP contribution < -0.4 is 10.9 Å². The zero-order chi connectivity index (χ0) is 26.0. The van der Waals surface area contributed by atoms with Gasteiger partial charge in [0.25, 0.3) is 11.5 Å². The number of fused-ring (bicyclic) bond motifs is 1. The van der Waals surface area contributed by atoms with E-state index in [0.29, 0.717) is 29.8 Å². The van der Waals surface area contributed by atoms with Gasteiger partial charge in [0.15, 0.2) is 5.78 Å². The molecule has 186 valence electrons. The summed E-state index contributed by atoms with van der Waals surface area (Å²) in [6.45, 7) is 5.92. The molecule has 2 aromatic carbocycles. The van der Waals surface area contributed by atoms with Crippen LogP contribution in [0.3, 0.4) is 0 Å². The molecule has 4 rings (SSSR count). The Labute approximate surface area is 210 Å². The first-order valence-corrected chi connectivity index (χ1v) is 11.9. The zero-order valence-electron chi connectivity index (χ0n) is 21.0. The number of aromatic nitrogens is 1. The van der Waals surface area contributed by atoms with Crippen LogP contribution >= 0.6 is 0 Å². The van der Waals surface area contributed by atoms with E-state index < -0.39 is 23.5 Å². The number of methoxy groups -OCH3 is 1. The van der Waals surface area contributed by atoms with Crippen molar-refractivity contribution in [2.75, 3.05) is 7.11 Å². The number of Topliss-reactive ketones (excluding diaryl/α,β-unsaturated/α-hetero) is 1. The van der Waals surface area contributed by atoms with Gasteiger partial charge >= 0.3 is 5.97 Å². The molecule has 1 atom stereocenters. The third-order valence-electron chi connectivity index (χ3n) is 6.50. The normalized spacial score (nSPS) is 15.1. The number of ether oxygens (including phenoxy) is 1. The van der Waals surface area contributed by atoms with E-state index in [0.717, 1.165) is 11.1 Å². The van der Waals surface area contributed by atoms with Crippen LogP contribution in [0.5, 0.6) is 0 Å². The summed E-state index contributed by atoms with van der Waals surface area (Å²) in [6, 6.07) is 17.0. The number of amides is 1. The number of aryl methyl sites for hydroxylation is 1. The average Bonchev–Trinajstić information content (AvgIpc) is 2.83. The molecule has 1 aliphatic rings. The van der Waals surface area contributed by atoms with Crippen molar-refractivity contribution < 1.29 is 19.1 Å². The SMILES string of the molecule is COC(=O)C(Cc1ccccc1)NC(=O)c1cc2c(n(-c3ccc(C)cc3)c1=O)CC(C)(C)CC2=O. The molecule has 3 aromatic rings. The van der Waals surface area contributed by atoms with E-state index in [1.807, 2.05) is 63.2 Å². The molecule has 7 nitrogen and oxygen atoms in total. The summed E-state index contributed by atoms with van der Waals surface area (Å²) in [5.74, 6) is -1.47. The zero-order valence-corrected chi connectivity index (χ0v) is 21.0. The lowest BCUT2D eigenvalue weighted by molar-refractivity contribution is -0.142. The minimum atomic E-state index is -0.997. The van der Waals surface area contributed by atoms with E-state index in [9.17, 15) is 19.2 Å². The minimum absolute atomic E-state index is 0.120. The van der Waals surface area contributed by atoms with Crippen molar-refractivity contribution in [3.63, 3.8) is 0 Å². The maximum absolute atomic E-state index is 13.7. The summed E-state index contributed by atoms with van der Waals surface area (Å²) < 4.78 is 6.36. The molecule has 36 heavy (non-hydrogen) atoms. The summed E-state index contributed by atoms with van der Waals surface area (Å²) in [4.78, 5) is 52.7. The maximum Gasteiger partial charge on any atom is 0.328 e. The number of esters is 1. The molecule has 1 unspecified atom stereocenters. The van der Waals surface area contributed by atoms with Crippen LogP contribution in [0.1, 0.15) is 57.8 Å². The highest BCUT2D eigenvalue weighted by Crippen LogP contribution is 2.35. The maximum atomic E-state index is 13.7. The van der Waals surface area contributed by atoms with Gasteiger partial charge in [-0.15, -0.1) is 0 Å². The standard InChI is InChI=1S/C29H30N2O5/c1-18-10-12-20(13-11-18)31-24-16-29(2,3)17-25(32)21(24)15-22(27(31)34)26(33)30-23(28(35)36-4)14-19-8-6-5-7-9-19/h5-13,15,23H,14,16-17H2,1-4H3,(H,30,33). The Morgan fingerprint density at radius 3 is 2.33 bits per heavy atom. The lowest BCUT2D eigenvalue weighted by Gasteiger charge is -2.32. The molecule has 0 radical (unpaired) electrons. The van der Waals surface area contributed by atoms with Gasteiger partial charge in [0.1, 0.15) is 11.6 Å². The topological polar surface area (TPSA) is 94.5 Å². The molecular weight excluding hydrogens is 456 g/mol. The van der Waals surface area contributed by atoms with E-state index in [1.54, 1.807) is 12.1 Å². The predicted octanol–water partition coefficient (Wildman–Crippen LogP) is 3.82. The van der Waals surface area contributed by atoms with Crippen LogP contribution in [0.25, 0.3) is 5.69 Å². The van der Waals surface area contributed by atoms with Crippen molar-refractivity contribution in [2.24, 2.45) is 5.41 Å². The molecule has 1 N–H and O–H groups in total. The number of hydrogen-bond donors (Lipinski definition) is 1. The average molecular weight is 487 g/mol. The van der Waals surface area contributed by atoms with Gasteiger partial charge in [-0.1, -0.05) is 61.9 Å². The fourth-order valence-electron chi connectivity index (χ4n) is 4.67. The van der Waals surface area contributed by atoms with Crippen LogP contribution in [-0.4, -0.2) is 35.4 Å². The van der Waals surface area contributed by atoms with Gasteiger partial charge in [0.2, 0.25) is 0 Å². The van der Waals surface area contributed by atoms with Gasteiger partial charge in [0, 0.05) is 29.8 Å². The quantitative estimate of drug-likeness (QED) is 0.535. The molecule has 0 spiro atoms. The third-order valence-corrected chi connectivity index (χ3v) is 6.50. The lowest BCUT2D eigenvalue weighted by atomic mass is 9.75. The van der Waals surface area contributed by atoms with E-state index in [1.165, 1.54) is 17.7 Å². The van der Waals surface area contributed by atoms with E-state index in [4.69, 9.17) is 4.74 Å². The fraction of sp³-hybridized carbons (Fsp3) is 0.310. The molecule has 0 saturated carbocycles. The molecule has 0 saturated heterocycles. The second-order valence-corrected chi connectivity index (χ2v) is 10.1. The molecule has 7 heteroatoms. The van der Waals surface area contributed by atoms with Crippen molar-refractivity contribution in [3.05, 3.63) is 99.0 Å². The van der Waals surface area contributed by atoms with Gasteiger partial charge in [-0.05, 0) is 42.5 Å². The number of nitrogens with zero attached hydrogens (tertiary/aromatic N) is 1. The number of nitrogens with one attached hydrogen (secondary N) is 1. The monoisotopic (exact) mass is 486 g/mol. The molecule has 0 bridgehead atoms. The number of benzene rings is 2. The number of carbonyl (C=O) groups is 3. The lowest BCUT2D eigenvalue weighted by Crippen LogP contribution is -2.46. The molecule has 1 amide bonds. The summed E-state index contributed by atoms with van der Waals surface area (Å²) in [7, 11) is 1.25. The molecule has 1 aromatic heterocycles. The Morgan fingerprint density at radius 1 is 1.03 bits per heavy atom. The van der Waals surface area contributed by atoms with E-state index in [2.05, 4.69) is 5.32 Å². The van der Waals surface area contributed by atoms with Gasteiger partial charge < -0.3 is 10.1 Å². The van der Waals surface area contributed by atoms with Crippen molar-refractivity contribution in [1.82, 2.24) is 9.88 Å². The second kappa shape index (κ2) is 9.93. The molecule has 0 aliphatic heterocycles. The highest BCUT2D eigenvalue weighted by molar-refractivity contribution is 6.03. The Bertz CT molecular complexity index is 1370. The summed E-state index contributed by atoms with van der Waals surface area (Å²) >= 11 is 0. The Balaban J connectivity index is 1.80. The van der Waals surface area contributed by atoms with E-state index >= 15 is 0 Å². The van der Waals surface area contributed by atoms with Gasteiger partial charge in [-0.2, -0.15) is 0 Å². The third kappa shape index (κ3) is 5.15. The smallest absolute Gasteiger partial charge is 0.328 e. The predicted molar refractivity (Wildman–Crippen MR) is 137 cm³/mol. The van der Waals surface area contributed by atoms with Crippen LogP contribution in [0.2, 0.25) is 0 Å². The molecular formula is C29H30N2O5. The van der Waals surface area contributed by atoms with Gasteiger partial charge in [-0.25, -0.2) is 4.79 Å². The minimum Gasteiger partial charge on any atom is -0.467 e. The van der Waals surface area contributed by atoms with Crippen LogP contribution in [-0.2, 0) is 22.4 Å². The first-order valence-electron chi connectivity index (χ1n) is 11.9. The molecule has 0 fully saturated rings. The Hall–Kier alpha value is -4.00. The molecule has 1 aliphatic carbocycles. The summed E-state index contributed by atoms with van der Waals surface area (Å²) in [6.07, 6.45) is 1.02. The van der Waals surface area contributed by atoms with Crippen LogP contribution in [0.4, 0.5) is 0 Å². The largest absolute Gasteiger partial charge is 0.467 e. The fourth-order valence-corrected chi connectivity index (χ4v) is 4.67. The first-order chi connectivity index (χ1) is 17.1. The van der Waals surface area contributed by atoms with Crippen LogP contribution in [0.15, 0.2) is 65.5 Å². The van der Waals surface area contributed by atoms with Crippen LogP contribution in [0, 0.1) is 12.3 Å². The number of rotatable bonds is 6. The number of pyridine rings is 1. The highest BCUT2D eigenvalue weighted by Gasteiger charge is 2.35. The second-order valence-electron chi connectivity index (χ2n) is 10.1. The highest BCUT2D eigenvalue weighted by atomic mass is 16.5. The Morgan fingerprint density at radius 2 is 1.69 bits per heavy atom. The van der Waals surface area contributed by atoms with Crippen molar-refractivity contribution >= 4 is 17.7 Å². The van der Waals surface area contributed by atoms with E-state index in [-0.39, 0.29) is 23.2 Å². The Kier molecular flexibility index (Phi) is 6.93. The van der Waals surface area contributed by atoms with Gasteiger partial charge in [0.05, 0.1) is 7.11 Å². The van der Waals surface area contributed by atoms with Crippen molar-refractivity contribution in [1.29, 1.82) is 0 Å².